The topological polar surface area (TPSA) is 180 Å². The van der Waals surface area contributed by atoms with Crippen LogP contribution in [-0.2, 0) is 25.5 Å². The Bertz CT molecular complexity index is 924. The highest BCUT2D eigenvalue weighted by molar-refractivity contribution is 5.95. The third kappa shape index (κ3) is 11.3. The molecular formula is C28H46N4O7. The highest BCUT2D eigenvalue weighted by Gasteiger charge is 2.40. The molecule has 1 rings (SSSR count). The van der Waals surface area contributed by atoms with Crippen molar-refractivity contribution >= 4 is 23.7 Å². The summed E-state index contributed by atoms with van der Waals surface area (Å²) in [6.07, 6.45) is 1.68. The average Bonchev–Trinajstić information content (AvgIpc) is 2.91. The van der Waals surface area contributed by atoms with E-state index in [1.807, 2.05) is 18.2 Å². The first-order valence-corrected chi connectivity index (χ1v) is 13.4. The maximum Gasteiger partial charge on any atom is 0.407 e. The van der Waals surface area contributed by atoms with Crippen LogP contribution in [-0.4, -0.2) is 77.9 Å². The van der Waals surface area contributed by atoms with Crippen molar-refractivity contribution in [2.45, 2.75) is 83.5 Å². The average molecular weight is 551 g/mol. The van der Waals surface area contributed by atoms with Crippen LogP contribution >= 0.6 is 0 Å². The molecular weight excluding hydrogens is 504 g/mol. The Morgan fingerprint density at radius 3 is 2.23 bits per heavy atom. The number of Topliss-reactive ketones (excluding diaryl/α,β-unsaturated/α-hetero) is 1. The van der Waals surface area contributed by atoms with Gasteiger partial charge in [0.15, 0.2) is 5.78 Å². The van der Waals surface area contributed by atoms with Gasteiger partial charge < -0.3 is 36.6 Å². The summed E-state index contributed by atoms with van der Waals surface area (Å²) in [7, 11) is 1.17. The Hall–Kier alpha value is -3.02. The zero-order valence-electron chi connectivity index (χ0n) is 23.7. The van der Waals surface area contributed by atoms with Gasteiger partial charge in [-0.2, -0.15) is 0 Å². The number of hydrogen-bond donors (Lipinski definition) is 6. The number of carbonyl (C=O) groups is 4. The molecule has 3 unspecified atom stereocenters. The number of ether oxygens (including phenoxy) is 1. The quantitative estimate of drug-likeness (QED) is 0.156. The van der Waals surface area contributed by atoms with E-state index in [4.69, 9.17) is 5.73 Å². The zero-order chi connectivity index (χ0) is 29.6. The molecule has 0 aliphatic carbocycles. The molecule has 3 amide bonds. The number of benzene rings is 1. The summed E-state index contributed by atoms with van der Waals surface area (Å²) in [5.41, 5.74) is 5.87. The Morgan fingerprint density at radius 2 is 1.67 bits per heavy atom. The molecule has 5 atom stereocenters. The summed E-state index contributed by atoms with van der Waals surface area (Å²) in [5.74, 6) is -2.96. The predicted molar refractivity (Wildman–Crippen MR) is 148 cm³/mol. The lowest BCUT2D eigenvalue weighted by Crippen LogP contribution is -2.63. The number of amides is 3. The molecule has 7 N–H and O–H groups in total. The SMILES string of the molecule is COC(=O)N[C@@H](C)C(=O)NCC(CO)[C@@](C)(N)C(=O)NC(C(=O)C(O)CCCCCc1ccccc1)C(C)C. The number of unbranched alkanes of at least 4 members (excludes halogenated alkanes) is 2. The standard InChI is InChI=1S/C28H46N4O7/c1-18(2)23(24(35)22(34)15-11-7-10-14-20-12-8-6-9-13-20)32-26(37)28(4,29)21(17-33)16-30-25(36)19(3)31-27(38)39-5/h6,8-9,12-13,18-19,21-23,33-34H,7,10-11,14-17,29H2,1-5H3,(H,30,36)(H,31,38)(H,32,37)/t19-,21?,22?,23?,28+/m0/s1. The van der Waals surface area contributed by atoms with Gasteiger partial charge in [0, 0.05) is 19.1 Å². The monoisotopic (exact) mass is 550 g/mol. The van der Waals surface area contributed by atoms with Crippen LogP contribution in [0.4, 0.5) is 4.79 Å². The Balaban J connectivity index is 2.66. The van der Waals surface area contributed by atoms with Crippen molar-refractivity contribution < 1.29 is 34.1 Å². The molecule has 0 fully saturated rings. The molecule has 0 bridgehead atoms. The van der Waals surface area contributed by atoms with E-state index >= 15 is 0 Å². The number of hydrogen-bond acceptors (Lipinski definition) is 8. The van der Waals surface area contributed by atoms with Crippen molar-refractivity contribution in [1.82, 2.24) is 16.0 Å². The van der Waals surface area contributed by atoms with Gasteiger partial charge in [-0.15, -0.1) is 0 Å². The minimum absolute atomic E-state index is 0.158. The molecule has 0 heterocycles. The summed E-state index contributed by atoms with van der Waals surface area (Å²) >= 11 is 0. The van der Waals surface area contributed by atoms with Gasteiger partial charge in [-0.3, -0.25) is 14.4 Å². The van der Waals surface area contributed by atoms with Crippen LogP contribution in [0.3, 0.4) is 0 Å². The molecule has 39 heavy (non-hydrogen) atoms. The minimum atomic E-state index is -1.66. The van der Waals surface area contributed by atoms with Gasteiger partial charge >= 0.3 is 6.09 Å². The lowest BCUT2D eigenvalue weighted by Gasteiger charge is -2.34. The molecule has 1 aromatic carbocycles. The van der Waals surface area contributed by atoms with E-state index in [-0.39, 0.29) is 18.9 Å². The summed E-state index contributed by atoms with van der Waals surface area (Å²) in [6.45, 7) is 5.67. The van der Waals surface area contributed by atoms with Crippen LogP contribution in [0.1, 0.15) is 58.9 Å². The number of methoxy groups -OCH3 is 1. The number of aryl methyl sites for hydroxylation is 1. The lowest BCUT2D eigenvalue weighted by molar-refractivity contribution is -0.137. The van der Waals surface area contributed by atoms with E-state index in [0.717, 1.165) is 19.3 Å². The predicted octanol–water partition coefficient (Wildman–Crippen LogP) is 1.05. The molecule has 11 heteroatoms. The minimum Gasteiger partial charge on any atom is -0.453 e. The molecule has 1 aromatic rings. The van der Waals surface area contributed by atoms with Crippen LogP contribution in [0.5, 0.6) is 0 Å². The number of carbonyl (C=O) groups excluding carboxylic acids is 4. The molecule has 0 saturated carbocycles. The lowest BCUT2D eigenvalue weighted by atomic mass is 9.84. The number of rotatable bonds is 17. The second-order valence-electron chi connectivity index (χ2n) is 10.5. The molecule has 0 saturated heterocycles. The number of nitrogens with two attached hydrogens (primary N) is 1. The number of aliphatic hydroxyl groups is 2. The molecule has 220 valence electrons. The fraction of sp³-hybridized carbons (Fsp3) is 0.643. The summed E-state index contributed by atoms with van der Waals surface area (Å²) < 4.78 is 4.46. The Kier molecular flexibility index (Phi) is 14.7. The summed E-state index contributed by atoms with van der Waals surface area (Å²) in [6, 6.07) is 8.20. The number of nitrogens with one attached hydrogen (secondary N) is 3. The normalized spacial score (nSPS) is 15.8. The van der Waals surface area contributed by atoms with E-state index in [2.05, 4.69) is 32.8 Å². The first-order valence-electron chi connectivity index (χ1n) is 13.4. The van der Waals surface area contributed by atoms with Gasteiger partial charge in [-0.25, -0.2) is 4.79 Å². The van der Waals surface area contributed by atoms with Crippen LogP contribution in [0.2, 0.25) is 0 Å². The van der Waals surface area contributed by atoms with Crippen molar-refractivity contribution in [2.75, 3.05) is 20.3 Å². The first-order chi connectivity index (χ1) is 18.3. The second-order valence-corrected chi connectivity index (χ2v) is 10.5. The van der Waals surface area contributed by atoms with Crippen molar-refractivity contribution in [1.29, 1.82) is 0 Å². The molecule has 0 radical (unpaired) electrons. The van der Waals surface area contributed by atoms with Crippen LogP contribution < -0.4 is 21.7 Å². The van der Waals surface area contributed by atoms with Gasteiger partial charge in [-0.1, -0.05) is 57.0 Å². The zero-order valence-corrected chi connectivity index (χ0v) is 23.7. The van der Waals surface area contributed by atoms with E-state index in [9.17, 15) is 29.4 Å². The summed E-state index contributed by atoms with van der Waals surface area (Å²) in [4.78, 5) is 49.7. The van der Waals surface area contributed by atoms with E-state index in [1.165, 1.54) is 26.5 Å². The fourth-order valence-corrected chi connectivity index (χ4v) is 4.03. The number of alkyl carbamates (subject to hydrolysis) is 1. The number of aliphatic hydroxyl groups excluding tert-OH is 2. The van der Waals surface area contributed by atoms with Gasteiger partial charge in [0.2, 0.25) is 11.8 Å². The van der Waals surface area contributed by atoms with Crippen LogP contribution in [0, 0.1) is 11.8 Å². The third-order valence-electron chi connectivity index (χ3n) is 6.87. The maximum absolute atomic E-state index is 13.1. The first kappa shape index (κ1) is 34.0. The molecule has 0 spiro atoms. The van der Waals surface area contributed by atoms with Crippen molar-refractivity contribution in [2.24, 2.45) is 17.6 Å². The van der Waals surface area contributed by atoms with Gasteiger partial charge in [0.05, 0.1) is 18.7 Å². The molecule has 0 aliphatic heterocycles. The molecule has 11 nitrogen and oxygen atoms in total. The highest BCUT2D eigenvalue weighted by atomic mass is 16.5. The van der Waals surface area contributed by atoms with E-state index in [0.29, 0.717) is 6.42 Å². The third-order valence-corrected chi connectivity index (χ3v) is 6.87. The summed E-state index contributed by atoms with van der Waals surface area (Å²) in [5, 5.41) is 27.9. The largest absolute Gasteiger partial charge is 0.453 e. The Morgan fingerprint density at radius 1 is 1.03 bits per heavy atom. The smallest absolute Gasteiger partial charge is 0.407 e. The highest BCUT2D eigenvalue weighted by Crippen LogP contribution is 2.17. The van der Waals surface area contributed by atoms with Crippen LogP contribution in [0.15, 0.2) is 30.3 Å². The van der Waals surface area contributed by atoms with Gasteiger partial charge in [0.25, 0.3) is 0 Å². The Labute approximate surface area is 231 Å². The van der Waals surface area contributed by atoms with E-state index in [1.54, 1.807) is 13.8 Å². The maximum atomic E-state index is 13.1. The van der Waals surface area contributed by atoms with Crippen molar-refractivity contribution in [3.8, 4) is 0 Å². The van der Waals surface area contributed by atoms with Crippen molar-refractivity contribution in [3.63, 3.8) is 0 Å². The molecule has 0 aliphatic rings. The van der Waals surface area contributed by atoms with Crippen molar-refractivity contribution in [3.05, 3.63) is 35.9 Å². The van der Waals surface area contributed by atoms with E-state index < -0.39 is 59.9 Å². The van der Waals surface area contributed by atoms with Gasteiger partial charge in [-0.05, 0) is 44.6 Å². The van der Waals surface area contributed by atoms with Crippen LogP contribution in [0.25, 0.3) is 0 Å². The molecule has 0 aromatic heterocycles. The fourth-order valence-electron chi connectivity index (χ4n) is 4.03. The number of ketones is 1. The van der Waals surface area contributed by atoms with Gasteiger partial charge in [0.1, 0.15) is 12.1 Å². The second kappa shape index (κ2) is 16.8.